The van der Waals surface area contributed by atoms with Gasteiger partial charge in [0.05, 0.1) is 7.11 Å². The average molecular weight is 218 g/mol. The van der Waals surface area contributed by atoms with E-state index in [1.54, 1.807) is 31.4 Å². The first-order chi connectivity index (χ1) is 7.54. The van der Waals surface area contributed by atoms with Gasteiger partial charge in [-0.05, 0) is 36.8 Å². The number of hydrogen-bond acceptors (Lipinski definition) is 3. The maximum absolute atomic E-state index is 11.7. The normalized spacial score (nSPS) is 9.62. The molecule has 3 heteroatoms. The molecule has 0 amide bonds. The Morgan fingerprint density at radius 2 is 1.81 bits per heavy atom. The summed E-state index contributed by atoms with van der Waals surface area (Å²) in [4.78, 5) is 22.6. The lowest BCUT2D eigenvalue weighted by atomic mass is 10.0. The largest absolute Gasteiger partial charge is 0.497 e. The second-order valence-electron chi connectivity index (χ2n) is 3.49. The maximum Gasteiger partial charge on any atom is 0.167 e. The summed E-state index contributed by atoms with van der Waals surface area (Å²) in [5.41, 5.74) is 0.893. The molecule has 1 aromatic carbocycles. The fraction of sp³-hybridized carbons (Fsp3) is 0.231. The molecule has 1 rings (SSSR count). The van der Waals surface area contributed by atoms with Crippen LogP contribution in [0.25, 0.3) is 0 Å². The first-order valence-electron chi connectivity index (χ1n) is 4.90. The van der Waals surface area contributed by atoms with E-state index in [2.05, 4.69) is 6.58 Å². The van der Waals surface area contributed by atoms with Crippen molar-refractivity contribution in [3.8, 4) is 5.75 Å². The van der Waals surface area contributed by atoms with Crippen molar-refractivity contribution >= 4 is 11.6 Å². The Hall–Kier alpha value is -1.90. The number of rotatable bonds is 5. The van der Waals surface area contributed by atoms with Crippen LogP contribution in [0.5, 0.6) is 5.75 Å². The lowest BCUT2D eigenvalue weighted by Gasteiger charge is -2.03. The molecule has 0 spiro atoms. The predicted molar refractivity (Wildman–Crippen MR) is 61.8 cm³/mol. The molecule has 0 aliphatic rings. The minimum absolute atomic E-state index is 0.0711. The third-order valence-electron chi connectivity index (χ3n) is 2.28. The zero-order valence-corrected chi connectivity index (χ0v) is 9.45. The van der Waals surface area contributed by atoms with Gasteiger partial charge in [0, 0.05) is 12.0 Å². The van der Waals surface area contributed by atoms with E-state index in [9.17, 15) is 9.59 Å². The molecular formula is C13H14O3. The van der Waals surface area contributed by atoms with Crippen LogP contribution < -0.4 is 4.74 Å². The summed E-state index contributed by atoms with van der Waals surface area (Å²) in [6, 6.07) is 6.77. The Kier molecular flexibility index (Phi) is 4.00. The summed E-state index contributed by atoms with van der Waals surface area (Å²) in [6.45, 7) is 4.96. The van der Waals surface area contributed by atoms with Gasteiger partial charge in [0.15, 0.2) is 11.6 Å². The van der Waals surface area contributed by atoms with Crippen molar-refractivity contribution in [3.63, 3.8) is 0 Å². The molecule has 0 aromatic heterocycles. The molecular weight excluding hydrogens is 204 g/mol. The molecule has 0 aliphatic heterocycles. The van der Waals surface area contributed by atoms with Crippen molar-refractivity contribution in [2.45, 2.75) is 13.3 Å². The average Bonchev–Trinajstić information content (AvgIpc) is 2.28. The van der Waals surface area contributed by atoms with Crippen molar-refractivity contribution in [3.05, 3.63) is 42.0 Å². The van der Waals surface area contributed by atoms with Crippen LogP contribution in [-0.4, -0.2) is 18.7 Å². The molecule has 0 heterocycles. The van der Waals surface area contributed by atoms with Crippen LogP contribution in [0.15, 0.2) is 36.4 Å². The summed E-state index contributed by atoms with van der Waals surface area (Å²) in [5.74, 6) is 0.437. The molecule has 1 aromatic rings. The Morgan fingerprint density at radius 3 is 2.25 bits per heavy atom. The summed E-state index contributed by atoms with van der Waals surface area (Å²) >= 11 is 0. The third-order valence-corrected chi connectivity index (χ3v) is 2.28. The summed E-state index contributed by atoms with van der Waals surface area (Å²) < 4.78 is 4.99. The first-order valence-corrected chi connectivity index (χ1v) is 4.90. The highest BCUT2D eigenvalue weighted by Crippen LogP contribution is 2.14. The predicted octanol–water partition coefficient (Wildman–Crippen LogP) is 2.41. The Labute approximate surface area is 94.7 Å². The van der Waals surface area contributed by atoms with Crippen LogP contribution in [0.1, 0.15) is 23.7 Å². The molecule has 0 atom stereocenters. The van der Waals surface area contributed by atoms with E-state index < -0.39 is 0 Å². The topological polar surface area (TPSA) is 43.4 Å². The van der Waals surface area contributed by atoms with Crippen LogP contribution in [-0.2, 0) is 4.79 Å². The maximum atomic E-state index is 11.7. The van der Waals surface area contributed by atoms with Crippen LogP contribution in [0.2, 0.25) is 0 Å². The van der Waals surface area contributed by atoms with E-state index in [0.717, 1.165) is 0 Å². The molecule has 0 N–H and O–H groups in total. The monoisotopic (exact) mass is 218 g/mol. The molecule has 0 saturated heterocycles. The second kappa shape index (κ2) is 5.26. The molecule has 0 radical (unpaired) electrons. The summed E-state index contributed by atoms with van der Waals surface area (Å²) in [5, 5.41) is 0. The molecule has 84 valence electrons. The number of methoxy groups -OCH3 is 1. The van der Waals surface area contributed by atoms with Crippen LogP contribution in [0, 0.1) is 0 Å². The number of hydrogen-bond donors (Lipinski definition) is 0. The highest BCUT2D eigenvalue weighted by atomic mass is 16.5. The van der Waals surface area contributed by atoms with Gasteiger partial charge >= 0.3 is 0 Å². The number of carbonyl (C=O) groups excluding carboxylic acids is 2. The zero-order valence-electron chi connectivity index (χ0n) is 9.45. The van der Waals surface area contributed by atoms with Gasteiger partial charge in [-0.25, -0.2) is 0 Å². The van der Waals surface area contributed by atoms with Gasteiger partial charge in [0.25, 0.3) is 0 Å². The quantitative estimate of drug-likeness (QED) is 0.563. The Bertz CT molecular complexity index is 415. The SMILES string of the molecule is C=C(CC(=O)c1ccc(OC)cc1)C(C)=O. The fourth-order valence-electron chi connectivity index (χ4n) is 1.20. The Balaban J connectivity index is 2.73. The van der Waals surface area contributed by atoms with E-state index in [0.29, 0.717) is 16.9 Å². The van der Waals surface area contributed by atoms with Crippen molar-refractivity contribution in [2.24, 2.45) is 0 Å². The van der Waals surface area contributed by atoms with E-state index in [1.807, 2.05) is 0 Å². The number of benzene rings is 1. The highest BCUT2D eigenvalue weighted by Gasteiger charge is 2.10. The van der Waals surface area contributed by atoms with Crippen molar-refractivity contribution in [1.82, 2.24) is 0 Å². The fourth-order valence-corrected chi connectivity index (χ4v) is 1.20. The third kappa shape index (κ3) is 3.05. The van der Waals surface area contributed by atoms with Gasteiger partial charge in [-0.1, -0.05) is 6.58 Å². The van der Waals surface area contributed by atoms with Crippen molar-refractivity contribution < 1.29 is 14.3 Å². The molecule has 0 bridgehead atoms. The molecule has 0 aliphatic carbocycles. The van der Waals surface area contributed by atoms with Crippen LogP contribution >= 0.6 is 0 Å². The number of allylic oxidation sites excluding steroid dienone is 1. The van der Waals surface area contributed by atoms with Crippen molar-refractivity contribution in [1.29, 1.82) is 0 Å². The number of carbonyl (C=O) groups is 2. The smallest absolute Gasteiger partial charge is 0.167 e. The van der Waals surface area contributed by atoms with Crippen LogP contribution in [0.3, 0.4) is 0 Å². The molecule has 3 nitrogen and oxygen atoms in total. The molecule has 16 heavy (non-hydrogen) atoms. The zero-order chi connectivity index (χ0) is 12.1. The van der Waals surface area contributed by atoms with E-state index >= 15 is 0 Å². The van der Waals surface area contributed by atoms with E-state index in [1.165, 1.54) is 6.92 Å². The lowest BCUT2D eigenvalue weighted by Crippen LogP contribution is -2.04. The molecule has 0 fully saturated rings. The summed E-state index contributed by atoms with van der Waals surface area (Å²) in [7, 11) is 1.56. The Morgan fingerprint density at radius 1 is 1.25 bits per heavy atom. The van der Waals surface area contributed by atoms with Gasteiger partial charge in [-0.3, -0.25) is 9.59 Å². The second-order valence-corrected chi connectivity index (χ2v) is 3.49. The molecule has 0 saturated carbocycles. The number of Topliss-reactive ketones (excluding diaryl/α,β-unsaturated/α-hetero) is 2. The number of ketones is 2. The van der Waals surface area contributed by atoms with Crippen molar-refractivity contribution in [2.75, 3.05) is 7.11 Å². The summed E-state index contributed by atoms with van der Waals surface area (Å²) in [6.07, 6.45) is 0.0711. The van der Waals surface area contributed by atoms with Gasteiger partial charge < -0.3 is 4.74 Å². The number of ether oxygens (including phenoxy) is 1. The lowest BCUT2D eigenvalue weighted by molar-refractivity contribution is -0.113. The standard InChI is InChI=1S/C13H14O3/c1-9(10(2)14)8-13(15)11-4-6-12(16-3)7-5-11/h4-7H,1,8H2,2-3H3. The van der Waals surface area contributed by atoms with E-state index in [-0.39, 0.29) is 18.0 Å². The van der Waals surface area contributed by atoms with Gasteiger partial charge in [0.2, 0.25) is 0 Å². The minimum atomic E-state index is -0.151. The van der Waals surface area contributed by atoms with Gasteiger partial charge in [0.1, 0.15) is 5.75 Å². The van der Waals surface area contributed by atoms with Crippen LogP contribution in [0.4, 0.5) is 0 Å². The highest BCUT2D eigenvalue weighted by molar-refractivity contribution is 6.04. The van der Waals surface area contributed by atoms with Gasteiger partial charge in [-0.15, -0.1) is 0 Å². The minimum Gasteiger partial charge on any atom is -0.497 e. The first kappa shape index (κ1) is 12.2. The molecule has 0 unspecified atom stereocenters. The van der Waals surface area contributed by atoms with E-state index in [4.69, 9.17) is 4.74 Å². The van der Waals surface area contributed by atoms with Gasteiger partial charge in [-0.2, -0.15) is 0 Å².